The number of amides is 1. The molecule has 0 radical (unpaired) electrons. The lowest BCUT2D eigenvalue weighted by Gasteiger charge is -2.21. The van der Waals surface area contributed by atoms with Crippen molar-refractivity contribution < 1.29 is 13.9 Å². The zero-order chi connectivity index (χ0) is 17.0. The number of alkyl carbamates (subject to hydrolysis) is 1. The lowest BCUT2D eigenvalue weighted by molar-refractivity contribution is 0.0502. The first-order valence-electron chi connectivity index (χ1n) is 7.26. The standard InChI is InChI=1S/C15H20FN5O2/c1-10(17-14(22)23-15(2,3)4)9-21-19-13(18-20-21)11-5-7-12(16)8-6-11/h5-8,10H,9H2,1-4H3,(H,17,22)/t10-/m0/s1. The Morgan fingerprint density at radius 1 is 1.35 bits per heavy atom. The Morgan fingerprint density at radius 2 is 2.00 bits per heavy atom. The quantitative estimate of drug-likeness (QED) is 0.935. The molecule has 2 aromatic rings. The lowest BCUT2D eigenvalue weighted by atomic mass is 10.2. The fourth-order valence-electron chi connectivity index (χ4n) is 1.83. The predicted molar refractivity (Wildman–Crippen MR) is 82.0 cm³/mol. The smallest absolute Gasteiger partial charge is 0.407 e. The van der Waals surface area contributed by atoms with Crippen molar-refractivity contribution in [2.45, 2.75) is 45.9 Å². The third kappa shape index (κ3) is 5.32. The number of hydrogen-bond donors (Lipinski definition) is 1. The van der Waals surface area contributed by atoms with Gasteiger partial charge in [0.25, 0.3) is 0 Å². The van der Waals surface area contributed by atoms with Gasteiger partial charge in [0, 0.05) is 5.56 Å². The molecule has 0 unspecified atom stereocenters. The Kier molecular flexibility index (Phi) is 4.92. The van der Waals surface area contributed by atoms with E-state index in [1.165, 1.54) is 16.9 Å². The van der Waals surface area contributed by atoms with Crippen LogP contribution in [-0.2, 0) is 11.3 Å². The van der Waals surface area contributed by atoms with Gasteiger partial charge >= 0.3 is 6.09 Å². The first kappa shape index (κ1) is 16.9. The highest BCUT2D eigenvalue weighted by molar-refractivity contribution is 5.68. The summed E-state index contributed by atoms with van der Waals surface area (Å²) in [6.07, 6.45) is -0.496. The van der Waals surface area contributed by atoms with Gasteiger partial charge in [-0.2, -0.15) is 4.80 Å². The Balaban J connectivity index is 1.93. The van der Waals surface area contributed by atoms with E-state index in [0.717, 1.165) is 0 Å². The van der Waals surface area contributed by atoms with E-state index in [4.69, 9.17) is 4.74 Å². The molecule has 0 aliphatic rings. The molecule has 0 spiro atoms. The number of rotatable bonds is 4. The van der Waals surface area contributed by atoms with Crippen LogP contribution in [0, 0.1) is 5.82 Å². The van der Waals surface area contributed by atoms with Gasteiger partial charge in [0.05, 0.1) is 12.6 Å². The molecule has 1 heterocycles. The third-order valence-electron chi connectivity index (χ3n) is 2.76. The van der Waals surface area contributed by atoms with Gasteiger partial charge < -0.3 is 10.1 Å². The molecule has 1 atom stereocenters. The number of tetrazole rings is 1. The number of aromatic nitrogens is 4. The Morgan fingerprint density at radius 3 is 2.61 bits per heavy atom. The summed E-state index contributed by atoms with van der Waals surface area (Å²) < 4.78 is 18.1. The summed E-state index contributed by atoms with van der Waals surface area (Å²) in [4.78, 5) is 13.1. The monoisotopic (exact) mass is 321 g/mol. The van der Waals surface area contributed by atoms with E-state index in [1.807, 2.05) is 6.92 Å². The molecule has 2 rings (SSSR count). The normalized spacial score (nSPS) is 12.7. The van der Waals surface area contributed by atoms with Crippen LogP contribution < -0.4 is 5.32 Å². The third-order valence-corrected chi connectivity index (χ3v) is 2.76. The summed E-state index contributed by atoms with van der Waals surface area (Å²) in [6, 6.07) is 5.60. The van der Waals surface area contributed by atoms with E-state index in [2.05, 4.69) is 20.7 Å². The number of hydrogen-bond acceptors (Lipinski definition) is 5. The summed E-state index contributed by atoms with van der Waals surface area (Å²) in [5.41, 5.74) is 0.121. The van der Waals surface area contributed by atoms with Crippen molar-refractivity contribution >= 4 is 6.09 Å². The number of carbonyl (C=O) groups is 1. The molecule has 7 nitrogen and oxygen atoms in total. The molecule has 23 heavy (non-hydrogen) atoms. The van der Waals surface area contributed by atoms with E-state index in [-0.39, 0.29) is 11.9 Å². The molecule has 1 N–H and O–H groups in total. The molecule has 0 saturated carbocycles. The van der Waals surface area contributed by atoms with Crippen LogP contribution in [0.4, 0.5) is 9.18 Å². The molecule has 8 heteroatoms. The highest BCUT2D eigenvalue weighted by Crippen LogP contribution is 2.13. The largest absolute Gasteiger partial charge is 0.444 e. The molecule has 1 aromatic heterocycles. The number of benzene rings is 1. The Bertz CT molecular complexity index is 663. The molecule has 0 saturated heterocycles. The minimum Gasteiger partial charge on any atom is -0.444 e. The number of ether oxygens (including phenoxy) is 1. The van der Waals surface area contributed by atoms with Gasteiger partial charge in [-0.25, -0.2) is 9.18 Å². The van der Waals surface area contributed by atoms with Crippen LogP contribution in [0.3, 0.4) is 0 Å². The molecule has 1 amide bonds. The lowest BCUT2D eigenvalue weighted by Crippen LogP contribution is -2.40. The van der Waals surface area contributed by atoms with Gasteiger partial charge in [0.15, 0.2) is 0 Å². The number of nitrogens with one attached hydrogen (secondary N) is 1. The second-order valence-electron chi connectivity index (χ2n) is 6.22. The van der Waals surface area contributed by atoms with Gasteiger partial charge in [-0.15, -0.1) is 10.2 Å². The summed E-state index contributed by atoms with van der Waals surface area (Å²) >= 11 is 0. The van der Waals surface area contributed by atoms with E-state index < -0.39 is 11.7 Å². The van der Waals surface area contributed by atoms with Crippen LogP contribution in [0.15, 0.2) is 24.3 Å². The fraction of sp³-hybridized carbons (Fsp3) is 0.467. The topological polar surface area (TPSA) is 81.9 Å². The number of nitrogens with zero attached hydrogens (tertiary/aromatic N) is 4. The molecule has 0 aliphatic carbocycles. The maximum absolute atomic E-state index is 12.9. The average Bonchev–Trinajstić information content (AvgIpc) is 2.85. The van der Waals surface area contributed by atoms with Crippen molar-refractivity contribution in [1.82, 2.24) is 25.5 Å². The summed E-state index contributed by atoms with van der Waals surface area (Å²) in [5, 5.41) is 14.8. The van der Waals surface area contributed by atoms with Gasteiger partial charge in [0.2, 0.25) is 5.82 Å². The molecule has 124 valence electrons. The maximum Gasteiger partial charge on any atom is 0.407 e. The van der Waals surface area contributed by atoms with Crippen LogP contribution in [0.1, 0.15) is 27.7 Å². The minimum absolute atomic E-state index is 0.236. The first-order valence-corrected chi connectivity index (χ1v) is 7.26. The zero-order valence-corrected chi connectivity index (χ0v) is 13.6. The molecule has 0 bridgehead atoms. The highest BCUT2D eigenvalue weighted by Gasteiger charge is 2.18. The maximum atomic E-state index is 12.9. The summed E-state index contributed by atoms with van der Waals surface area (Å²) in [6.45, 7) is 7.54. The van der Waals surface area contributed by atoms with Crippen LogP contribution in [0.2, 0.25) is 0 Å². The van der Waals surface area contributed by atoms with E-state index in [0.29, 0.717) is 17.9 Å². The Labute approximate surface area is 133 Å². The average molecular weight is 321 g/mol. The summed E-state index contributed by atoms with van der Waals surface area (Å²) in [7, 11) is 0. The number of carbonyl (C=O) groups excluding carboxylic acids is 1. The molecular weight excluding hydrogens is 301 g/mol. The minimum atomic E-state index is -0.551. The molecule has 1 aromatic carbocycles. The van der Waals surface area contributed by atoms with E-state index in [1.54, 1.807) is 32.9 Å². The zero-order valence-electron chi connectivity index (χ0n) is 13.6. The predicted octanol–water partition coefficient (Wildman–Crippen LogP) is 2.39. The van der Waals surface area contributed by atoms with Gasteiger partial charge in [-0.1, -0.05) is 0 Å². The molecular formula is C15H20FN5O2. The fourth-order valence-corrected chi connectivity index (χ4v) is 1.83. The van der Waals surface area contributed by atoms with Crippen LogP contribution in [0.25, 0.3) is 11.4 Å². The van der Waals surface area contributed by atoms with Gasteiger partial charge in [0.1, 0.15) is 11.4 Å². The second-order valence-corrected chi connectivity index (χ2v) is 6.22. The Hall–Kier alpha value is -2.51. The SMILES string of the molecule is C[C@@H](Cn1nnc(-c2ccc(F)cc2)n1)NC(=O)OC(C)(C)C. The number of halogens is 1. The van der Waals surface area contributed by atoms with Crippen molar-refractivity contribution in [2.75, 3.05) is 0 Å². The van der Waals surface area contributed by atoms with Crippen LogP contribution in [-0.4, -0.2) is 37.9 Å². The van der Waals surface area contributed by atoms with Crippen LogP contribution >= 0.6 is 0 Å². The summed E-state index contributed by atoms with van der Waals surface area (Å²) in [5.74, 6) is 0.0748. The van der Waals surface area contributed by atoms with Crippen molar-refractivity contribution in [3.05, 3.63) is 30.1 Å². The van der Waals surface area contributed by atoms with Crippen molar-refractivity contribution in [3.63, 3.8) is 0 Å². The van der Waals surface area contributed by atoms with E-state index in [9.17, 15) is 9.18 Å². The van der Waals surface area contributed by atoms with Crippen molar-refractivity contribution in [1.29, 1.82) is 0 Å². The highest BCUT2D eigenvalue weighted by atomic mass is 19.1. The van der Waals surface area contributed by atoms with Gasteiger partial charge in [-0.05, 0) is 57.2 Å². The van der Waals surface area contributed by atoms with Crippen molar-refractivity contribution in [3.8, 4) is 11.4 Å². The van der Waals surface area contributed by atoms with Crippen molar-refractivity contribution in [2.24, 2.45) is 0 Å². The van der Waals surface area contributed by atoms with E-state index >= 15 is 0 Å². The van der Waals surface area contributed by atoms with Gasteiger partial charge in [-0.3, -0.25) is 0 Å². The van der Waals surface area contributed by atoms with Crippen LogP contribution in [0.5, 0.6) is 0 Å². The molecule has 0 fully saturated rings. The molecule has 0 aliphatic heterocycles. The second kappa shape index (κ2) is 6.72. The first-order chi connectivity index (χ1) is 10.7.